The summed E-state index contributed by atoms with van der Waals surface area (Å²) in [5, 5.41) is 38.9. The summed E-state index contributed by atoms with van der Waals surface area (Å²) in [6.45, 7) is 5.06. The van der Waals surface area contributed by atoms with E-state index in [2.05, 4.69) is 21.3 Å². The number of hydrogen-bond donors (Lipinski definition) is 9. The van der Waals surface area contributed by atoms with Gasteiger partial charge in [0.05, 0.1) is 50.6 Å². The van der Waals surface area contributed by atoms with E-state index < -0.39 is 125 Å². The maximum atomic E-state index is 14.7. The third-order valence-corrected chi connectivity index (χ3v) is 20.6. The first-order valence-electron chi connectivity index (χ1n) is 42.6. The number of hydroxylamine groups is 2. The van der Waals surface area contributed by atoms with Crippen molar-refractivity contribution in [3.05, 3.63) is 239 Å². The Balaban J connectivity index is 0.000000411. The maximum Gasteiger partial charge on any atom is 0.306 e. The standard InChI is InChI=1S/C59H68N2O12.C38H52N4O12/c1-43(62)36-50(37-45-25-28-51(29-26-45)71-40-46-18-9-4-10-19-46)59(68)61-53(38-44-16-7-3-8-17-44)55(64)39-49(27-31-56(65)72-41-47-20-11-5-12-21-47)58(67)60-52(54(63)24-15-33-70-35-34-69-2)30-32-57(66)73-42-48-22-13-6-14-23-48;1-25(43)21-29(22-27-10-13-30(44)14-11-27)38(50)40-32(23-26-7-4-3-5-8-26)34(46)24-28(12-16-35(47)41-51)37(49)39-31(15-17-36(48)42-52)33(45)9-6-18-54-20-19-53-2/h3-14,16-23,25-26,28-29,49-50,52-53H,15,24,27,30-42H2,1-2H3,(H,60,67)(H,61,68);3-5,7-8,10-11,13-14,28-29,31-32,44,51-52H,6,9,12,15-24H2,1-2H3,(H,39,49)(H,40,50)(H,41,47)(H,42,48)/t49-,50+,52-,53-;28-,29+,31-,32-/m11/s1. The van der Waals surface area contributed by atoms with Crippen molar-refractivity contribution < 1.29 is 116 Å². The van der Waals surface area contributed by atoms with Crippen LogP contribution in [-0.4, -0.2) is 176 Å². The number of amides is 6. The number of ketones is 6. The molecule has 127 heavy (non-hydrogen) atoms. The van der Waals surface area contributed by atoms with Crippen LogP contribution in [0.25, 0.3) is 0 Å². The van der Waals surface area contributed by atoms with Crippen LogP contribution in [0, 0.1) is 23.7 Å². The van der Waals surface area contributed by atoms with Gasteiger partial charge >= 0.3 is 11.9 Å². The summed E-state index contributed by atoms with van der Waals surface area (Å²) in [6.07, 6.45) is -1.79. The highest BCUT2D eigenvalue weighted by molar-refractivity contribution is 5.98. The van der Waals surface area contributed by atoms with E-state index in [1.165, 1.54) is 44.1 Å². The molecule has 0 bridgehead atoms. The Morgan fingerprint density at radius 1 is 0.315 bits per heavy atom. The quantitative estimate of drug-likeness (QED) is 0.00740. The lowest BCUT2D eigenvalue weighted by molar-refractivity contribution is -0.147. The molecule has 0 aliphatic heterocycles. The number of esters is 2. The predicted octanol–water partition coefficient (Wildman–Crippen LogP) is 10.2. The van der Waals surface area contributed by atoms with Crippen molar-refractivity contribution in [2.24, 2.45) is 23.7 Å². The molecule has 8 atom stereocenters. The normalized spacial score (nSPS) is 12.8. The van der Waals surface area contributed by atoms with E-state index in [4.69, 9.17) is 43.6 Å². The highest BCUT2D eigenvalue weighted by atomic mass is 16.5. The molecule has 0 fully saturated rings. The Morgan fingerprint density at radius 2 is 0.638 bits per heavy atom. The molecule has 0 aromatic heterocycles. The monoisotopic (exact) mass is 1750 g/mol. The highest BCUT2D eigenvalue weighted by Crippen LogP contribution is 2.25. The molecule has 7 rings (SSSR count). The number of phenols is 1. The molecule has 30 nitrogen and oxygen atoms in total. The molecule has 0 aliphatic carbocycles. The molecule has 9 N–H and O–H groups in total. The van der Waals surface area contributed by atoms with E-state index in [0.29, 0.717) is 62.8 Å². The number of phenolic OH excluding ortho intramolecular Hbond substituents is 1. The number of hydrogen-bond acceptors (Lipinski definition) is 24. The van der Waals surface area contributed by atoms with Gasteiger partial charge in [-0.15, -0.1) is 0 Å². The van der Waals surface area contributed by atoms with Gasteiger partial charge in [-0.1, -0.05) is 176 Å². The van der Waals surface area contributed by atoms with Gasteiger partial charge < -0.3 is 69.1 Å². The molecule has 682 valence electrons. The molecule has 0 aliphatic rings. The summed E-state index contributed by atoms with van der Waals surface area (Å²) in [5.74, 6) is -11.1. The van der Waals surface area contributed by atoms with Crippen molar-refractivity contribution in [1.29, 1.82) is 0 Å². The van der Waals surface area contributed by atoms with Gasteiger partial charge in [0, 0.05) is 115 Å². The van der Waals surface area contributed by atoms with Crippen molar-refractivity contribution in [1.82, 2.24) is 32.2 Å². The molecule has 0 saturated carbocycles. The molecule has 6 amide bonds. The summed E-state index contributed by atoms with van der Waals surface area (Å²) in [4.78, 5) is 187. The molecule has 0 unspecified atom stereocenters. The fraction of sp³-hybridized carbons (Fsp3) is 0.423. The molecule has 0 heterocycles. The van der Waals surface area contributed by atoms with Gasteiger partial charge in [0.15, 0.2) is 23.1 Å². The van der Waals surface area contributed by atoms with Crippen molar-refractivity contribution in [2.45, 2.75) is 186 Å². The minimum Gasteiger partial charge on any atom is -0.508 e. The first kappa shape index (κ1) is 103. The Bertz CT molecular complexity index is 4550. The fourth-order valence-corrected chi connectivity index (χ4v) is 13.7. The molecule has 0 spiro atoms. The molecule has 30 heteroatoms. The Hall–Kier alpha value is -12.3. The largest absolute Gasteiger partial charge is 0.508 e. The second-order valence-corrected chi connectivity index (χ2v) is 30.9. The van der Waals surface area contributed by atoms with Crippen LogP contribution in [0.2, 0.25) is 0 Å². The average molecular weight is 1750 g/mol. The van der Waals surface area contributed by atoms with Gasteiger partial charge in [-0.05, 0) is 141 Å². The van der Waals surface area contributed by atoms with E-state index >= 15 is 0 Å². The number of nitrogens with one attached hydrogen (secondary N) is 6. The summed E-state index contributed by atoms with van der Waals surface area (Å²) in [7, 11) is 3.07. The Kier molecular flexibility index (Phi) is 48.5. The fourth-order valence-electron chi connectivity index (χ4n) is 13.7. The number of aromatic hydroxyl groups is 1. The minimum absolute atomic E-state index is 0.000386. The van der Waals surface area contributed by atoms with Crippen LogP contribution in [0.4, 0.5) is 0 Å². The number of methoxy groups -OCH3 is 2. The van der Waals surface area contributed by atoms with Gasteiger partial charge in [-0.3, -0.25) is 67.9 Å². The van der Waals surface area contributed by atoms with Gasteiger partial charge in [-0.2, -0.15) is 0 Å². The molecule has 7 aromatic rings. The van der Waals surface area contributed by atoms with Crippen LogP contribution in [0.15, 0.2) is 200 Å². The van der Waals surface area contributed by atoms with Crippen LogP contribution in [0.5, 0.6) is 11.5 Å². The van der Waals surface area contributed by atoms with Gasteiger partial charge in [-0.25, -0.2) is 11.0 Å². The second kappa shape index (κ2) is 59.6. The maximum absolute atomic E-state index is 14.7. The zero-order chi connectivity index (χ0) is 91.9. The first-order valence-corrected chi connectivity index (χ1v) is 42.6. The Morgan fingerprint density at radius 3 is 1.02 bits per heavy atom. The zero-order valence-corrected chi connectivity index (χ0v) is 72.6. The number of carbonyl (C=O) groups is 14. The van der Waals surface area contributed by atoms with Crippen LogP contribution in [-0.2, 0) is 141 Å². The van der Waals surface area contributed by atoms with Crippen LogP contribution in [0.1, 0.15) is 156 Å². The van der Waals surface area contributed by atoms with Crippen LogP contribution < -0.4 is 37.0 Å². The summed E-state index contributed by atoms with van der Waals surface area (Å²) in [6, 6.07) is 54.7. The van der Waals surface area contributed by atoms with Crippen LogP contribution >= 0.6 is 0 Å². The molecular formula is C97H120N6O24. The first-order chi connectivity index (χ1) is 61.3. The lowest BCUT2D eigenvalue weighted by Crippen LogP contribution is -2.48. The SMILES string of the molecule is COCCOCCCC(=O)[C@@H](CCC(=O)NO)NC(=O)[C@H](CCC(=O)NO)CC(=O)[C@@H](Cc1ccccc1)NC(=O)[C@@H](CC(C)=O)Cc1ccc(O)cc1.COCCOCCCC(=O)[C@@H](CCC(=O)OCc1ccccc1)NC(=O)[C@H](CCC(=O)OCc1ccccc1)CC(=O)[C@@H](Cc1ccccc1)NC(=O)[C@@H](CC(C)=O)Cc1ccc(OCc2ccccc2)cc1. The van der Waals surface area contributed by atoms with Crippen molar-refractivity contribution in [3.8, 4) is 11.5 Å². The number of rotatable bonds is 61. The highest BCUT2D eigenvalue weighted by Gasteiger charge is 2.36. The van der Waals surface area contributed by atoms with Gasteiger partial charge in [0.25, 0.3) is 0 Å². The number of carbonyl (C=O) groups excluding carboxylic acids is 14. The minimum atomic E-state index is -1.21. The topological polar surface area (TPSA) is 436 Å². The third-order valence-electron chi connectivity index (χ3n) is 20.6. The second-order valence-electron chi connectivity index (χ2n) is 30.9. The van der Waals surface area contributed by atoms with E-state index in [-0.39, 0.29) is 152 Å². The third kappa shape index (κ3) is 42.5. The van der Waals surface area contributed by atoms with Crippen molar-refractivity contribution in [3.63, 3.8) is 0 Å². The smallest absolute Gasteiger partial charge is 0.306 e. The van der Waals surface area contributed by atoms with E-state index in [9.17, 15) is 72.2 Å². The zero-order valence-electron chi connectivity index (χ0n) is 72.6. The number of ether oxygens (including phenoxy) is 7. The molecule has 7 aromatic carbocycles. The summed E-state index contributed by atoms with van der Waals surface area (Å²) in [5.41, 5.74) is 8.42. The van der Waals surface area contributed by atoms with E-state index in [0.717, 1.165) is 27.8 Å². The number of Topliss-reactive ketones (excluding diaryl/α,β-unsaturated/α-hetero) is 6. The van der Waals surface area contributed by atoms with Gasteiger partial charge in [0.2, 0.25) is 35.4 Å². The lowest BCUT2D eigenvalue weighted by atomic mass is 9.89. The van der Waals surface area contributed by atoms with Crippen LogP contribution in [0.3, 0.4) is 0 Å². The van der Waals surface area contributed by atoms with Crippen molar-refractivity contribution >= 4 is 82.1 Å². The molecule has 0 radical (unpaired) electrons. The summed E-state index contributed by atoms with van der Waals surface area (Å²) >= 11 is 0. The lowest BCUT2D eigenvalue weighted by Gasteiger charge is -2.25. The van der Waals surface area contributed by atoms with Crippen molar-refractivity contribution in [2.75, 3.05) is 53.9 Å². The predicted molar refractivity (Wildman–Crippen MR) is 468 cm³/mol. The summed E-state index contributed by atoms with van der Waals surface area (Å²) < 4.78 is 37.8. The van der Waals surface area contributed by atoms with E-state index in [1.807, 2.05) is 133 Å². The molecule has 0 saturated heterocycles. The number of benzene rings is 7. The van der Waals surface area contributed by atoms with E-state index in [1.54, 1.807) is 61.7 Å². The molecular weight excluding hydrogens is 1630 g/mol. The average Bonchev–Trinajstić information content (AvgIpc) is 0.850. The van der Waals surface area contributed by atoms with Gasteiger partial charge in [0.1, 0.15) is 42.9 Å². The Labute approximate surface area is 740 Å².